The first kappa shape index (κ1) is 36.8. The fourth-order valence-electron chi connectivity index (χ4n) is 7.44. The van der Waals surface area contributed by atoms with Crippen molar-refractivity contribution in [1.82, 2.24) is 14.5 Å². The SMILES string of the molecule is CC(C)c1cc(-c2[c-]cccc2)ncc1[Si](C)(C)C.[Ir].[c-]1ccc2c(oc3ccccc32)c1-c1nc2ccccc2n1-c1ccc2sc3ccccc3c2c1. The molecule has 0 bridgehead atoms. The quantitative estimate of drug-likeness (QED) is 0.128. The average molecular weight is 926 g/mol. The zero-order valence-electron chi connectivity index (χ0n) is 31.3. The van der Waals surface area contributed by atoms with Crippen molar-refractivity contribution >= 4 is 77.7 Å². The number of hydrogen-bond acceptors (Lipinski definition) is 4. The number of rotatable bonds is 5. The smallest absolute Gasteiger partial charge is 0.120 e. The van der Waals surface area contributed by atoms with E-state index in [1.165, 1.54) is 30.9 Å². The Morgan fingerprint density at radius 3 is 2.25 bits per heavy atom. The van der Waals surface area contributed by atoms with Crippen molar-refractivity contribution in [3.63, 3.8) is 0 Å². The van der Waals surface area contributed by atoms with Crippen LogP contribution >= 0.6 is 11.3 Å². The maximum absolute atomic E-state index is 6.36. The summed E-state index contributed by atoms with van der Waals surface area (Å²) in [5, 5.41) is 6.20. The van der Waals surface area contributed by atoms with Crippen molar-refractivity contribution in [3.05, 3.63) is 157 Å². The topological polar surface area (TPSA) is 43.9 Å². The van der Waals surface area contributed by atoms with Crippen molar-refractivity contribution in [2.45, 2.75) is 39.4 Å². The normalized spacial score (nSPS) is 11.7. The second-order valence-corrected chi connectivity index (χ2v) is 21.2. The maximum Gasteiger partial charge on any atom is 0.120 e. The number of pyridine rings is 1. The number of furan rings is 1. The molecule has 273 valence electrons. The Hall–Kier alpha value is -5.17. The first-order valence-corrected chi connectivity index (χ1v) is 22.8. The van der Waals surface area contributed by atoms with Crippen LogP contribution in [-0.2, 0) is 20.1 Å². The van der Waals surface area contributed by atoms with E-state index in [4.69, 9.17) is 9.40 Å². The Morgan fingerprint density at radius 1 is 0.709 bits per heavy atom. The first-order valence-electron chi connectivity index (χ1n) is 18.4. The molecule has 4 nitrogen and oxygen atoms in total. The molecule has 0 saturated heterocycles. The number of benzene rings is 6. The van der Waals surface area contributed by atoms with Crippen molar-refractivity contribution in [2.24, 2.45) is 0 Å². The summed E-state index contributed by atoms with van der Waals surface area (Å²) in [6.07, 6.45) is 2.09. The van der Waals surface area contributed by atoms with Gasteiger partial charge >= 0.3 is 0 Å². The molecule has 10 rings (SSSR count). The van der Waals surface area contributed by atoms with Crippen LogP contribution in [-0.4, -0.2) is 22.6 Å². The number of hydrogen-bond donors (Lipinski definition) is 0. The Kier molecular flexibility index (Phi) is 9.91. The molecule has 0 atom stereocenters. The average Bonchev–Trinajstić information content (AvgIpc) is 3.89. The third kappa shape index (κ3) is 6.76. The van der Waals surface area contributed by atoms with Crippen LogP contribution in [0.15, 0.2) is 144 Å². The molecule has 4 heterocycles. The van der Waals surface area contributed by atoms with Gasteiger partial charge in [-0.05, 0) is 59.3 Å². The van der Waals surface area contributed by atoms with Crippen LogP contribution in [0, 0.1) is 12.1 Å². The number of thiophene rings is 1. The first-order chi connectivity index (χ1) is 26.2. The maximum atomic E-state index is 6.36. The van der Waals surface area contributed by atoms with Gasteiger partial charge in [-0.1, -0.05) is 105 Å². The zero-order valence-corrected chi connectivity index (χ0v) is 35.6. The Morgan fingerprint density at radius 2 is 1.45 bits per heavy atom. The van der Waals surface area contributed by atoms with Crippen LogP contribution < -0.4 is 5.19 Å². The van der Waals surface area contributed by atoms with Gasteiger partial charge in [0.05, 0.1) is 30.5 Å². The van der Waals surface area contributed by atoms with E-state index in [1.807, 2.05) is 59.9 Å². The molecule has 0 aliphatic carbocycles. The summed E-state index contributed by atoms with van der Waals surface area (Å²) in [6.45, 7) is 11.7. The fraction of sp³-hybridized carbons (Fsp3) is 0.125. The van der Waals surface area contributed by atoms with E-state index in [9.17, 15) is 0 Å². The fourth-order valence-corrected chi connectivity index (χ4v) is 10.2. The molecule has 0 spiro atoms. The molecule has 1 radical (unpaired) electrons. The van der Waals surface area contributed by atoms with Gasteiger partial charge in [-0.3, -0.25) is 4.98 Å². The van der Waals surface area contributed by atoms with Gasteiger partial charge in [0.1, 0.15) is 5.58 Å². The van der Waals surface area contributed by atoms with E-state index in [-0.39, 0.29) is 20.1 Å². The van der Waals surface area contributed by atoms with E-state index in [2.05, 4.69) is 146 Å². The molecule has 0 saturated carbocycles. The van der Waals surface area contributed by atoms with Gasteiger partial charge in [0.25, 0.3) is 0 Å². The Balaban J connectivity index is 0.000000183. The van der Waals surface area contributed by atoms with Crippen molar-refractivity contribution < 1.29 is 24.5 Å². The Labute approximate surface area is 339 Å². The molecule has 0 fully saturated rings. The van der Waals surface area contributed by atoms with Gasteiger partial charge < -0.3 is 14.0 Å². The molecule has 7 heteroatoms. The number of para-hydroxylation sites is 3. The second-order valence-electron chi connectivity index (χ2n) is 15.1. The number of nitrogens with zero attached hydrogens (tertiary/aromatic N) is 3. The monoisotopic (exact) mass is 926 g/mol. The molecule has 10 aromatic rings. The van der Waals surface area contributed by atoms with Gasteiger partial charge in [0, 0.05) is 57.5 Å². The molecule has 0 aliphatic heterocycles. The van der Waals surface area contributed by atoms with Crippen LogP contribution in [0.3, 0.4) is 0 Å². The summed E-state index contributed by atoms with van der Waals surface area (Å²) in [5.74, 6) is 1.36. The van der Waals surface area contributed by atoms with E-state index in [0.29, 0.717) is 5.92 Å². The third-order valence-electron chi connectivity index (χ3n) is 10.1. The van der Waals surface area contributed by atoms with Crippen LogP contribution in [0.4, 0.5) is 0 Å². The zero-order chi connectivity index (χ0) is 37.0. The minimum Gasteiger partial charge on any atom is -0.501 e. The van der Waals surface area contributed by atoms with Crippen LogP contribution in [0.25, 0.3) is 81.5 Å². The van der Waals surface area contributed by atoms with Crippen LogP contribution in [0.1, 0.15) is 25.3 Å². The van der Waals surface area contributed by atoms with Gasteiger partial charge in [-0.2, -0.15) is 0 Å². The van der Waals surface area contributed by atoms with Crippen molar-refractivity contribution in [3.8, 4) is 28.3 Å². The summed E-state index contributed by atoms with van der Waals surface area (Å²) >= 11 is 1.83. The van der Waals surface area contributed by atoms with Gasteiger partial charge in [-0.25, -0.2) is 0 Å². The molecule has 0 amide bonds. The molecular weight excluding hydrogens is 887 g/mol. The van der Waals surface area contributed by atoms with Crippen molar-refractivity contribution in [1.29, 1.82) is 0 Å². The Bertz CT molecular complexity index is 2970. The molecular formula is C48H39IrN3OSSi-2. The van der Waals surface area contributed by atoms with Gasteiger partial charge in [0.15, 0.2) is 0 Å². The molecule has 6 aromatic carbocycles. The summed E-state index contributed by atoms with van der Waals surface area (Å²) in [5.41, 5.74) is 9.18. The summed E-state index contributed by atoms with van der Waals surface area (Å²) in [7, 11) is -1.34. The third-order valence-corrected chi connectivity index (χ3v) is 13.3. The molecule has 0 unspecified atom stereocenters. The van der Waals surface area contributed by atoms with E-state index >= 15 is 0 Å². The number of aromatic nitrogens is 3. The number of fused-ring (bicyclic) bond motifs is 7. The van der Waals surface area contributed by atoms with Gasteiger partial charge in [0.2, 0.25) is 0 Å². The predicted molar refractivity (Wildman–Crippen MR) is 231 cm³/mol. The summed E-state index contributed by atoms with van der Waals surface area (Å²) < 4.78 is 11.2. The summed E-state index contributed by atoms with van der Waals surface area (Å²) in [4.78, 5) is 9.75. The molecule has 0 N–H and O–H groups in total. The van der Waals surface area contributed by atoms with Gasteiger partial charge in [-0.15, -0.1) is 65.4 Å². The molecule has 4 aromatic heterocycles. The second kappa shape index (κ2) is 14.8. The van der Waals surface area contributed by atoms with Crippen LogP contribution in [0.5, 0.6) is 0 Å². The molecule has 55 heavy (non-hydrogen) atoms. The minimum absolute atomic E-state index is 0. The van der Waals surface area contributed by atoms with E-state index in [1.54, 1.807) is 0 Å². The summed E-state index contributed by atoms with van der Waals surface area (Å²) in [6, 6.07) is 52.8. The standard InChI is InChI=1S/C31H17N2OS.C17H22NSi.Ir/c1-5-14-27-20(8-1)22-10-7-11-23(30(22)34-27)31-32-25-12-3-4-13-26(25)33(31)19-16-17-29-24(18-19)21-9-2-6-15-28(21)35-29;1-13(2)15-11-16(14-9-7-6-8-10-14)18-12-17(15)19(3,4)5;/h1-10,12-18H;6-9,11-13H,1-5H3;/q2*-1;. The molecule has 0 aliphatic rings. The number of imidazole rings is 1. The van der Waals surface area contributed by atoms with E-state index < -0.39 is 8.07 Å². The van der Waals surface area contributed by atoms with Crippen LogP contribution in [0.2, 0.25) is 19.6 Å². The predicted octanol–water partition coefficient (Wildman–Crippen LogP) is 13.0. The largest absolute Gasteiger partial charge is 0.501 e. The minimum atomic E-state index is -1.34. The van der Waals surface area contributed by atoms with Crippen molar-refractivity contribution in [2.75, 3.05) is 0 Å². The van der Waals surface area contributed by atoms with E-state index in [0.717, 1.165) is 61.3 Å².